The highest BCUT2D eigenvalue weighted by atomic mass is 19.1. The number of carbonyl (C=O) groups is 1. The van der Waals surface area contributed by atoms with Gasteiger partial charge in [-0.05, 0) is 59.4 Å². The number of aliphatic hydroxyl groups excluding tert-OH is 1. The number of nitrogens with zero attached hydrogens (tertiary/aromatic N) is 2. The van der Waals surface area contributed by atoms with Gasteiger partial charge in [-0.15, -0.1) is 0 Å². The molecular formula is C20H32FN3O3. The van der Waals surface area contributed by atoms with Gasteiger partial charge in [0.15, 0.2) is 0 Å². The lowest BCUT2D eigenvalue weighted by Crippen LogP contribution is -2.43. The van der Waals surface area contributed by atoms with Crippen LogP contribution in [0.4, 0.5) is 9.18 Å². The summed E-state index contributed by atoms with van der Waals surface area (Å²) in [6.07, 6.45) is 3.29. The normalized spacial score (nSPS) is 19.2. The van der Waals surface area contributed by atoms with Crippen LogP contribution >= 0.6 is 0 Å². The molecule has 2 heterocycles. The number of aromatic nitrogens is 1. The van der Waals surface area contributed by atoms with Crippen molar-refractivity contribution in [3.63, 3.8) is 0 Å². The Labute approximate surface area is 161 Å². The van der Waals surface area contributed by atoms with Gasteiger partial charge in [0, 0.05) is 36.9 Å². The Hall–Kier alpha value is -1.73. The number of amides is 1. The van der Waals surface area contributed by atoms with Crippen LogP contribution in [0.25, 0.3) is 0 Å². The molecule has 2 rings (SSSR count). The van der Waals surface area contributed by atoms with Gasteiger partial charge in [0.25, 0.3) is 0 Å². The van der Waals surface area contributed by atoms with Gasteiger partial charge < -0.3 is 20.1 Å². The molecule has 7 heteroatoms. The molecule has 0 radical (unpaired) electrons. The number of nitrogens with one attached hydrogen (secondary N) is 1. The summed E-state index contributed by atoms with van der Waals surface area (Å²) in [5.41, 5.74) is -0.260. The number of pyridine rings is 1. The molecule has 0 aromatic carbocycles. The summed E-state index contributed by atoms with van der Waals surface area (Å²) in [5, 5.41) is 13.6. The number of hydrogen-bond acceptors (Lipinski definition) is 5. The van der Waals surface area contributed by atoms with Crippen molar-refractivity contribution in [3.8, 4) is 0 Å². The van der Waals surface area contributed by atoms with Gasteiger partial charge in [0.1, 0.15) is 11.4 Å². The van der Waals surface area contributed by atoms with E-state index in [0.29, 0.717) is 31.1 Å². The third-order valence-electron chi connectivity index (χ3n) is 4.62. The molecule has 1 aliphatic heterocycles. The predicted molar refractivity (Wildman–Crippen MR) is 102 cm³/mol. The van der Waals surface area contributed by atoms with Gasteiger partial charge in [-0.1, -0.05) is 0 Å². The van der Waals surface area contributed by atoms with Crippen molar-refractivity contribution in [1.29, 1.82) is 0 Å². The van der Waals surface area contributed by atoms with Crippen LogP contribution in [0.1, 0.15) is 59.1 Å². The lowest BCUT2D eigenvalue weighted by Gasteiger charge is -2.31. The minimum Gasteiger partial charge on any atom is -0.444 e. The van der Waals surface area contributed by atoms with Gasteiger partial charge in [-0.2, -0.15) is 0 Å². The lowest BCUT2D eigenvalue weighted by molar-refractivity contribution is 0.0285. The first-order valence-electron chi connectivity index (χ1n) is 9.47. The molecule has 2 atom stereocenters. The molecule has 1 amide bonds. The number of β-amino-alcohol motifs (C(OH)–C–C–N with tert-alkyl or cyclic N) is 1. The Balaban J connectivity index is 1.81. The van der Waals surface area contributed by atoms with E-state index < -0.39 is 17.5 Å². The number of ether oxygens (including phenoxy) is 1. The maximum atomic E-state index is 13.2. The number of carbonyl (C=O) groups excluding carboxylic acids is 1. The second-order valence-electron chi connectivity index (χ2n) is 9.00. The van der Waals surface area contributed by atoms with Crippen LogP contribution in [0.15, 0.2) is 18.5 Å². The molecule has 6 nitrogen and oxygen atoms in total. The van der Waals surface area contributed by atoms with Crippen molar-refractivity contribution in [2.45, 2.75) is 64.7 Å². The van der Waals surface area contributed by atoms with Crippen molar-refractivity contribution < 1.29 is 19.0 Å². The fourth-order valence-corrected chi connectivity index (χ4v) is 3.39. The molecular weight excluding hydrogens is 349 g/mol. The summed E-state index contributed by atoms with van der Waals surface area (Å²) >= 11 is 0. The molecule has 0 saturated carbocycles. The highest BCUT2D eigenvalue weighted by Gasteiger charge is 2.33. The molecule has 1 aromatic heterocycles. The van der Waals surface area contributed by atoms with Crippen LogP contribution in [-0.2, 0) is 4.74 Å². The second-order valence-corrected chi connectivity index (χ2v) is 9.00. The SMILES string of the molecule is CC(C)(C[C@@H]1CCN(C(=O)OC(C)(C)C)C1)NC[C@H](O)c1cncc(F)c1. The zero-order valence-corrected chi connectivity index (χ0v) is 17.0. The van der Waals surface area contributed by atoms with Gasteiger partial charge >= 0.3 is 6.09 Å². The molecule has 1 aromatic rings. The highest BCUT2D eigenvalue weighted by molar-refractivity contribution is 5.68. The summed E-state index contributed by atoms with van der Waals surface area (Å²) in [4.78, 5) is 17.7. The summed E-state index contributed by atoms with van der Waals surface area (Å²) in [6, 6.07) is 1.29. The molecule has 0 unspecified atom stereocenters. The van der Waals surface area contributed by atoms with E-state index in [9.17, 15) is 14.3 Å². The zero-order valence-electron chi connectivity index (χ0n) is 17.0. The zero-order chi connectivity index (χ0) is 20.2. The number of rotatable bonds is 6. The topological polar surface area (TPSA) is 74.7 Å². The van der Waals surface area contributed by atoms with Crippen molar-refractivity contribution >= 4 is 6.09 Å². The average Bonchev–Trinajstić information content (AvgIpc) is 2.99. The quantitative estimate of drug-likeness (QED) is 0.791. The van der Waals surface area contributed by atoms with Gasteiger partial charge in [-0.25, -0.2) is 9.18 Å². The summed E-state index contributed by atoms with van der Waals surface area (Å²) < 4.78 is 18.7. The van der Waals surface area contributed by atoms with Gasteiger partial charge in [0.2, 0.25) is 0 Å². The summed E-state index contributed by atoms with van der Waals surface area (Å²) in [7, 11) is 0. The first-order valence-corrected chi connectivity index (χ1v) is 9.47. The number of halogens is 1. The fourth-order valence-electron chi connectivity index (χ4n) is 3.39. The van der Waals surface area contributed by atoms with E-state index in [1.165, 1.54) is 12.3 Å². The van der Waals surface area contributed by atoms with Crippen molar-refractivity contribution in [1.82, 2.24) is 15.2 Å². The minimum atomic E-state index is -0.825. The van der Waals surface area contributed by atoms with E-state index in [4.69, 9.17) is 4.74 Å². The Bertz CT molecular complexity index is 646. The van der Waals surface area contributed by atoms with E-state index in [0.717, 1.165) is 19.0 Å². The summed E-state index contributed by atoms with van der Waals surface area (Å²) in [5.74, 6) is -0.0907. The van der Waals surface area contributed by atoms with E-state index in [2.05, 4.69) is 24.1 Å². The number of hydrogen-bond donors (Lipinski definition) is 2. The Morgan fingerprint density at radius 1 is 1.41 bits per heavy atom. The maximum absolute atomic E-state index is 13.2. The smallest absolute Gasteiger partial charge is 0.410 e. The molecule has 1 saturated heterocycles. The first kappa shape index (κ1) is 21.6. The van der Waals surface area contributed by atoms with E-state index in [1.807, 2.05) is 20.8 Å². The molecule has 152 valence electrons. The number of aliphatic hydroxyl groups is 1. The van der Waals surface area contributed by atoms with Crippen LogP contribution in [0.2, 0.25) is 0 Å². The highest BCUT2D eigenvalue weighted by Crippen LogP contribution is 2.27. The molecule has 0 bridgehead atoms. The Morgan fingerprint density at radius 3 is 2.74 bits per heavy atom. The molecule has 1 fully saturated rings. The largest absolute Gasteiger partial charge is 0.444 e. The summed E-state index contributed by atoms with van der Waals surface area (Å²) in [6.45, 7) is 11.4. The van der Waals surface area contributed by atoms with E-state index in [1.54, 1.807) is 4.90 Å². The Kier molecular flexibility index (Phi) is 6.81. The maximum Gasteiger partial charge on any atom is 0.410 e. The average molecular weight is 381 g/mol. The van der Waals surface area contributed by atoms with Crippen molar-refractivity contribution in [2.24, 2.45) is 5.92 Å². The van der Waals surface area contributed by atoms with E-state index >= 15 is 0 Å². The predicted octanol–water partition coefficient (Wildman–Crippen LogP) is 3.27. The van der Waals surface area contributed by atoms with Gasteiger partial charge in [-0.3, -0.25) is 4.98 Å². The van der Waals surface area contributed by atoms with Crippen molar-refractivity contribution in [3.05, 3.63) is 29.8 Å². The molecule has 0 aliphatic carbocycles. The third kappa shape index (κ3) is 7.07. The molecule has 27 heavy (non-hydrogen) atoms. The third-order valence-corrected chi connectivity index (χ3v) is 4.62. The van der Waals surface area contributed by atoms with Crippen LogP contribution in [-0.4, -0.2) is 51.9 Å². The van der Waals surface area contributed by atoms with Gasteiger partial charge in [0.05, 0.1) is 12.3 Å². The Morgan fingerprint density at radius 2 is 2.11 bits per heavy atom. The van der Waals surface area contributed by atoms with E-state index in [-0.39, 0.29) is 11.6 Å². The molecule has 1 aliphatic rings. The van der Waals surface area contributed by atoms with Crippen LogP contribution < -0.4 is 5.32 Å². The lowest BCUT2D eigenvalue weighted by atomic mass is 9.89. The first-order chi connectivity index (χ1) is 12.5. The molecule has 0 spiro atoms. The monoisotopic (exact) mass is 381 g/mol. The number of likely N-dealkylation sites (tertiary alicyclic amines) is 1. The standard InChI is InChI=1S/C20H32FN3O3/c1-19(2,3)27-18(26)24-7-6-14(13-24)9-20(4,5)23-12-17(25)15-8-16(21)11-22-10-15/h8,10-11,14,17,23,25H,6-7,9,12-13H2,1-5H3/t14-,17-/m0/s1. The van der Waals surface area contributed by atoms with Crippen LogP contribution in [0, 0.1) is 11.7 Å². The minimum absolute atomic E-state index is 0.226. The van der Waals surface area contributed by atoms with Crippen LogP contribution in [0.3, 0.4) is 0 Å². The molecule has 2 N–H and O–H groups in total. The van der Waals surface area contributed by atoms with Crippen molar-refractivity contribution in [2.75, 3.05) is 19.6 Å². The second kappa shape index (κ2) is 8.52. The fraction of sp³-hybridized carbons (Fsp3) is 0.700. The van der Waals surface area contributed by atoms with Crippen LogP contribution in [0.5, 0.6) is 0 Å².